The van der Waals surface area contributed by atoms with Gasteiger partial charge in [-0.2, -0.15) is 0 Å². The Balaban J connectivity index is 0. The summed E-state index contributed by atoms with van der Waals surface area (Å²) in [6.07, 6.45) is 18.7. The van der Waals surface area contributed by atoms with Gasteiger partial charge in [-0.15, -0.1) is 0 Å². The molecular formula is C32H58ClN5O3S. The highest BCUT2D eigenvalue weighted by atomic mass is 35.5. The molecule has 10 heteroatoms. The maximum absolute atomic E-state index is 12.8. The molecule has 1 heterocycles. The second-order valence-electron chi connectivity index (χ2n) is 10.2. The number of carbonyl (C=O) groups excluding carboxylic acids is 3. The van der Waals surface area contributed by atoms with Crippen LogP contribution in [0.25, 0.3) is 0 Å². The van der Waals surface area contributed by atoms with Gasteiger partial charge >= 0.3 is 0 Å². The average molecular weight is 628 g/mol. The van der Waals surface area contributed by atoms with Gasteiger partial charge in [0.05, 0.1) is 0 Å². The van der Waals surface area contributed by atoms with Crippen LogP contribution in [-0.2, 0) is 14.4 Å². The molecule has 242 valence electrons. The summed E-state index contributed by atoms with van der Waals surface area (Å²) in [6.45, 7) is 15.2. The Labute approximate surface area is 265 Å². The number of hydrogen-bond acceptors (Lipinski definition) is 7. The molecule has 1 unspecified atom stereocenters. The second kappa shape index (κ2) is 27.7. The number of piperidine rings is 1. The lowest BCUT2D eigenvalue weighted by Gasteiger charge is -2.25. The summed E-state index contributed by atoms with van der Waals surface area (Å²) in [5, 5.41) is 4.11. The highest BCUT2D eigenvalue weighted by Crippen LogP contribution is 2.32. The topological polar surface area (TPSA) is 145 Å². The summed E-state index contributed by atoms with van der Waals surface area (Å²) in [5.41, 5.74) is 15.9. The van der Waals surface area contributed by atoms with Crippen molar-refractivity contribution in [2.24, 2.45) is 23.1 Å². The predicted octanol–water partition coefficient (Wildman–Crippen LogP) is 6.12. The smallest absolute Gasteiger partial charge is 0.220 e. The van der Waals surface area contributed by atoms with Gasteiger partial charge in [0.25, 0.3) is 0 Å². The zero-order chi connectivity index (χ0) is 32.3. The third-order valence-corrected chi connectivity index (χ3v) is 8.46. The Kier molecular flexibility index (Phi) is 27.8. The van der Waals surface area contributed by atoms with Crippen LogP contribution in [0.3, 0.4) is 0 Å². The number of primary amides is 1. The fourth-order valence-corrected chi connectivity index (χ4v) is 5.60. The monoisotopic (exact) mass is 627 g/mol. The molecule has 0 aromatic rings. The molecule has 0 aromatic carbocycles. The molecule has 42 heavy (non-hydrogen) atoms. The fraction of sp³-hybridized carbons (Fsp3) is 0.656. The Morgan fingerprint density at radius 3 is 2.07 bits per heavy atom. The van der Waals surface area contributed by atoms with Crippen molar-refractivity contribution in [1.82, 2.24) is 10.2 Å². The van der Waals surface area contributed by atoms with E-state index in [9.17, 15) is 9.59 Å². The SMILES string of the molecule is C=C(CCC(=O)NC(C/C=C/CN1CCCCC1)C1CCCC1)SC(/C=C(/Cl)CC)=C(/C)N.C=O.CCC(N)=O.CN. The number of hydrogen-bond donors (Lipinski definition) is 4. The number of nitrogens with zero attached hydrogens (tertiary/aromatic N) is 1. The van der Waals surface area contributed by atoms with Crippen LogP contribution in [0.5, 0.6) is 0 Å². The first-order valence-electron chi connectivity index (χ1n) is 15.2. The quantitative estimate of drug-likeness (QED) is 0.134. The number of rotatable bonds is 14. The zero-order valence-corrected chi connectivity index (χ0v) is 28.2. The molecule has 1 aliphatic heterocycles. The third kappa shape index (κ3) is 21.6. The lowest BCUT2D eigenvalue weighted by molar-refractivity contribution is -0.122. The number of nitrogens with one attached hydrogen (secondary N) is 1. The molecule has 0 radical (unpaired) electrons. The molecule has 0 spiro atoms. The molecule has 2 rings (SSSR count). The van der Waals surface area contributed by atoms with Crippen molar-refractivity contribution < 1.29 is 14.4 Å². The van der Waals surface area contributed by atoms with Gasteiger partial charge < -0.3 is 27.3 Å². The van der Waals surface area contributed by atoms with Gasteiger partial charge in [0, 0.05) is 41.1 Å². The Hall–Kier alpha value is -2.07. The van der Waals surface area contributed by atoms with E-state index in [0.717, 1.165) is 39.9 Å². The summed E-state index contributed by atoms with van der Waals surface area (Å²) in [6, 6.07) is 0.242. The van der Waals surface area contributed by atoms with Crippen molar-refractivity contribution in [3.05, 3.63) is 45.3 Å². The molecule has 1 saturated carbocycles. The largest absolute Gasteiger partial charge is 0.401 e. The predicted molar refractivity (Wildman–Crippen MR) is 182 cm³/mol. The van der Waals surface area contributed by atoms with E-state index in [-0.39, 0.29) is 17.9 Å². The first-order chi connectivity index (χ1) is 20.2. The van der Waals surface area contributed by atoms with E-state index in [1.165, 1.54) is 76.8 Å². The lowest BCUT2D eigenvalue weighted by Crippen LogP contribution is -2.39. The van der Waals surface area contributed by atoms with Gasteiger partial charge in [-0.1, -0.05) is 75.2 Å². The molecule has 0 aromatic heterocycles. The number of carbonyl (C=O) groups is 3. The van der Waals surface area contributed by atoms with Gasteiger partial charge in [0.1, 0.15) is 6.79 Å². The Morgan fingerprint density at radius 1 is 1.00 bits per heavy atom. The van der Waals surface area contributed by atoms with Gasteiger partial charge in [0.15, 0.2) is 0 Å². The fourth-order valence-electron chi connectivity index (χ4n) is 4.54. The van der Waals surface area contributed by atoms with Crippen molar-refractivity contribution in [1.29, 1.82) is 0 Å². The van der Waals surface area contributed by atoms with Crippen molar-refractivity contribution in [3.8, 4) is 0 Å². The number of allylic oxidation sites excluding steroid dienone is 4. The number of amides is 2. The van der Waals surface area contributed by atoms with Crippen LogP contribution >= 0.6 is 23.4 Å². The van der Waals surface area contributed by atoms with E-state index >= 15 is 0 Å². The van der Waals surface area contributed by atoms with Crippen LogP contribution in [0.1, 0.15) is 97.8 Å². The van der Waals surface area contributed by atoms with Gasteiger partial charge in [-0.25, -0.2) is 0 Å². The molecular weight excluding hydrogens is 570 g/mol. The minimum atomic E-state index is -0.245. The minimum absolute atomic E-state index is 0.121. The summed E-state index contributed by atoms with van der Waals surface area (Å²) < 4.78 is 0. The van der Waals surface area contributed by atoms with Crippen LogP contribution in [0, 0.1) is 5.92 Å². The summed E-state index contributed by atoms with van der Waals surface area (Å²) in [4.78, 5) is 34.7. The Bertz CT molecular complexity index is 847. The van der Waals surface area contributed by atoms with E-state index in [4.69, 9.17) is 22.1 Å². The van der Waals surface area contributed by atoms with E-state index in [1.807, 2.05) is 26.7 Å². The normalized spacial score (nSPS) is 17.0. The molecule has 0 bridgehead atoms. The van der Waals surface area contributed by atoms with Crippen LogP contribution in [0.2, 0.25) is 0 Å². The summed E-state index contributed by atoms with van der Waals surface area (Å²) >= 11 is 7.70. The second-order valence-corrected chi connectivity index (χ2v) is 11.9. The van der Waals surface area contributed by atoms with Crippen molar-refractivity contribution in [2.45, 2.75) is 104 Å². The number of likely N-dealkylation sites (tertiary alicyclic amines) is 1. The van der Waals surface area contributed by atoms with Crippen molar-refractivity contribution in [2.75, 3.05) is 26.7 Å². The van der Waals surface area contributed by atoms with E-state index in [0.29, 0.717) is 25.2 Å². The zero-order valence-electron chi connectivity index (χ0n) is 26.6. The van der Waals surface area contributed by atoms with E-state index < -0.39 is 0 Å². The molecule has 8 nitrogen and oxygen atoms in total. The van der Waals surface area contributed by atoms with Crippen LogP contribution in [0.4, 0.5) is 0 Å². The molecule has 2 fully saturated rings. The molecule has 2 aliphatic rings. The van der Waals surface area contributed by atoms with Crippen LogP contribution < -0.4 is 22.5 Å². The standard InChI is InChI=1S/C27H44ClN3OS.C3H7NO.CH5N.CH2O/c1-4-24(28)20-26(22(3)29)33-21(2)15-16-27(32)30-25(23-12-6-7-13-23)14-8-11-19-31-17-9-5-10-18-31;1-2-3(4)5;2*1-2/h8,11,20,23,25H,2,4-7,9-10,12-19,29H2,1,3H3,(H,30,32);2H2,1H3,(H2,4,5);2H2,1H3;1H2/b11-8+,24-20+,26-22-;;;. The molecule has 2 amide bonds. The summed E-state index contributed by atoms with van der Waals surface area (Å²) in [7, 11) is 1.50. The Morgan fingerprint density at radius 2 is 1.57 bits per heavy atom. The van der Waals surface area contributed by atoms with E-state index in [1.54, 1.807) is 6.92 Å². The maximum atomic E-state index is 12.8. The first-order valence-corrected chi connectivity index (χ1v) is 16.3. The minimum Gasteiger partial charge on any atom is -0.401 e. The lowest BCUT2D eigenvalue weighted by atomic mass is 9.95. The average Bonchev–Trinajstić information content (AvgIpc) is 3.55. The van der Waals surface area contributed by atoms with Crippen LogP contribution in [0.15, 0.2) is 45.3 Å². The molecule has 1 saturated heterocycles. The van der Waals surface area contributed by atoms with Crippen molar-refractivity contribution in [3.63, 3.8) is 0 Å². The maximum Gasteiger partial charge on any atom is 0.220 e. The highest BCUT2D eigenvalue weighted by Gasteiger charge is 2.25. The number of halogens is 1. The van der Waals surface area contributed by atoms with Gasteiger partial charge in [0.2, 0.25) is 11.8 Å². The highest BCUT2D eigenvalue weighted by molar-refractivity contribution is 8.06. The van der Waals surface area contributed by atoms with Gasteiger partial charge in [-0.05, 0) is 88.9 Å². The number of thioether (sulfide) groups is 1. The van der Waals surface area contributed by atoms with Crippen molar-refractivity contribution >= 4 is 42.0 Å². The molecule has 1 atom stereocenters. The summed E-state index contributed by atoms with van der Waals surface area (Å²) in [5.74, 6) is 0.474. The molecule has 7 N–H and O–H groups in total. The first kappa shape index (κ1) is 42.1. The molecule has 1 aliphatic carbocycles. The number of nitrogens with two attached hydrogens (primary N) is 3. The van der Waals surface area contributed by atoms with E-state index in [2.05, 4.69) is 40.4 Å². The van der Waals surface area contributed by atoms with Crippen LogP contribution in [-0.4, -0.2) is 56.2 Å². The van der Waals surface area contributed by atoms with Gasteiger partial charge in [-0.3, -0.25) is 14.5 Å². The third-order valence-electron chi connectivity index (χ3n) is 6.93.